The molecule has 0 spiro atoms. The first-order chi connectivity index (χ1) is 8.83. The molecule has 0 amide bonds. The maximum Gasteiger partial charge on any atom is 0.0331 e. The van der Waals surface area contributed by atoms with Crippen LogP contribution in [0.2, 0.25) is 0 Å². The van der Waals surface area contributed by atoms with Crippen LogP contribution >= 0.6 is 11.3 Å². The number of thiophene rings is 1. The summed E-state index contributed by atoms with van der Waals surface area (Å²) in [6, 6.07) is 5.93. The Labute approximate surface area is 115 Å². The molecule has 0 radical (unpaired) electrons. The third-order valence-corrected chi connectivity index (χ3v) is 4.56. The van der Waals surface area contributed by atoms with Gasteiger partial charge in [0.25, 0.3) is 0 Å². The second-order valence-corrected chi connectivity index (χ2v) is 6.30. The van der Waals surface area contributed by atoms with Gasteiger partial charge in [-0.1, -0.05) is 26.3 Å². The van der Waals surface area contributed by atoms with E-state index in [-0.39, 0.29) is 0 Å². The van der Waals surface area contributed by atoms with Crippen molar-refractivity contribution in [1.82, 2.24) is 10.2 Å². The Bertz CT molecular complexity index is 319. The van der Waals surface area contributed by atoms with Crippen LogP contribution in [0.3, 0.4) is 0 Å². The van der Waals surface area contributed by atoms with E-state index in [4.69, 9.17) is 0 Å². The van der Waals surface area contributed by atoms with Crippen molar-refractivity contribution < 1.29 is 0 Å². The zero-order valence-corrected chi connectivity index (χ0v) is 12.5. The molecular formula is C15H26N2S. The second-order valence-electron chi connectivity index (χ2n) is 5.27. The molecule has 0 aromatic carbocycles. The van der Waals surface area contributed by atoms with Gasteiger partial charge in [-0.2, -0.15) is 0 Å². The van der Waals surface area contributed by atoms with Gasteiger partial charge < -0.3 is 5.32 Å². The zero-order chi connectivity index (χ0) is 12.8. The number of nitrogens with one attached hydrogen (secondary N) is 1. The number of rotatable bonds is 9. The Morgan fingerprint density at radius 2 is 2.28 bits per heavy atom. The van der Waals surface area contributed by atoms with Crippen molar-refractivity contribution in [2.75, 3.05) is 13.1 Å². The number of likely N-dealkylation sites (N-methyl/N-ethyl adjacent to an activating group) is 1. The van der Waals surface area contributed by atoms with E-state index in [2.05, 4.69) is 41.6 Å². The van der Waals surface area contributed by atoms with Crippen LogP contribution in [0, 0.1) is 0 Å². The lowest BCUT2D eigenvalue weighted by Crippen LogP contribution is -2.42. The molecule has 1 aliphatic carbocycles. The van der Waals surface area contributed by atoms with E-state index >= 15 is 0 Å². The molecule has 0 aliphatic heterocycles. The van der Waals surface area contributed by atoms with Crippen molar-refractivity contribution in [3.05, 3.63) is 22.4 Å². The highest BCUT2D eigenvalue weighted by molar-refractivity contribution is 7.09. The van der Waals surface area contributed by atoms with Crippen molar-refractivity contribution in [2.45, 2.75) is 58.2 Å². The largest absolute Gasteiger partial charge is 0.312 e. The first kappa shape index (κ1) is 14.0. The summed E-state index contributed by atoms with van der Waals surface area (Å²) in [6.45, 7) is 8.01. The van der Waals surface area contributed by atoms with E-state index in [9.17, 15) is 0 Å². The van der Waals surface area contributed by atoms with Gasteiger partial charge in [-0.05, 0) is 37.3 Å². The molecule has 102 valence electrons. The van der Waals surface area contributed by atoms with Gasteiger partial charge in [0.15, 0.2) is 0 Å². The lowest BCUT2D eigenvalue weighted by atomic mass is 10.1. The highest BCUT2D eigenvalue weighted by Gasteiger charge is 2.23. The Kier molecular flexibility index (Phi) is 5.67. The third-order valence-electron chi connectivity index (χ3n) is 3.70. The summed E-state index contributed by atoms with van der Waals surface area (Å²) < 4.78 is 0. The molecule has 3 heteroatoms. The van der Waals surface area contributed by atoms with Gasteiger partial charge >= 0.3 is 0 Å². The van der Waals surface area contributed by atoms with Crippen LogP contribution in [0.25, 0.3) is 0 Å². The molecule has 2 rings (SSSR count). The average Bonchev–Trinajstić information content (AvgIpc) is 3.07. The summed E-state index contributed by atoms with van der Waals surface area (Å²) in [7, 11) is 0. The normalized spacial score (nSPS) is 17.3. The Morgan fingerprint density at radius 1 is 1.44 bits per heavy atom. The molecule has 1 N–H and O–H groups in total. The van der Waals surface area contributed by atoms with Crippen LogP contribution in [0.15, 0.2) is 17.5 Å². The molecule has 2 nitrogen and oxygen atoms in total. The van der Waals surface area contributed by atoms with E-state index < -0.39 is 0 Å². The zero-order valence-electron chi connectivity index (χ0n) is 11.7. The fourth-order valence-electron chi connectivity index (χ4n) is 2.44. The van der Waals surface area contributed by atoms with Gasteiger partial charge in [-0.25, -0.2) is 0 Å². The molecule has 1 fully saturated rings. The first-order valence-electron chi connectivity index (χ1n) is 7.33. The standard InChI is InChI=1S/C15H26N2S/c1-3-6-14(11-16-13-8-9-13)17(4-2)12-15-7-5-10-18-15/h5,7,10,13-14,16H,3-4,6,8-9,11-12H2,1-2H3. The highest BCUT2D eigenvalue weighted by atomic mass is 32.1. The number of hydrogen-bond donors (Lipinski definition) is 1. The SMILES string of the molecule is CCCC(CNC1CC1)N(CC)Cc1cccs1. The van der Waals surface area contributed by atoms with E-state index in [1.54, 1.807) is 0 Å². The summed E-state index contributed by atoms with van der Waals surface area (Å²) in [5.41, 5.74) is 0. The second kappa shape index (κ2) is 7.27. The Balaban J connectivity index is 1.87. The van der Waals surface area contributed by atoms with Gasteiger partial charge in [0, 0.05) is 30.1 Å². The Morgan fingerprint density at radius 3 is 2.83 bits per heavy atom. The fraction of sp³-hybridized carbons (Fsp3) is 0.733. The van der Waals surface area contributed by atoms with E-state index in [1.807, 2.05) is 11.3 Å². The molecule has 18 heavy (non-hydrogen) atoms. The molecule has 1 atom stereocenters. The van der Waals surface area contributed by atoms with Crippen LogP contribution in [0.1, 0.15) is 44.4 Å². The minimum atomic E-state index is 0.697. The van der Waals surface area contributed by atoms with Crippen molar-refractivity contribution in [1.29, 1.82) is 0 Å². The molecule has 0 saturated heterocycles. The van der Waals surface area contributed by atoms with Gasteiger partial charge in [0.1, 0.15) is 0 Å². The van der Waals surface area contributed by atoms with Crippen molar-refractivity contribution in [2.24, 2.45) is 0 Å². The summed E-state index contributed by atoms with van der Waals surface area (Å²) in [4.78, 5) is 4.12. The van der Waals surface area contributed by atoms with Crippen LogP contribution in [0.4, 0.5) is 0 Å². The van der Waals surface area contributed by atoms with Crippen molar-refractivity contribution in [3.8, 4) is 0 Å². The maximum absolute atomic E-state index is 3.70. The lowest BCUT2D eigenvalue weighted by molar-refractivity contribution is 0.183. The molecule has 1 saturated carbocycles. The van der Waals surface area contributed by atoms with Crippen LogP contribution in [-0.4, -0.2) is 30.1 Å². The average molecular weight is 266 g/mol. The molecule has 1 aliphatic rings. The van der Waals surface area contributed by atoms with Gasteiger partial charge in [0.2, 0.25) is 0 Å². The molecule has 0 bridgehead atoms. The van der Waals surface area contributed by atoms with Crippen molar-refractivity contribution in [3.63, 3.8) is 0 Å². The summed E-state index contributed by atoms with van der Waals surface area (Å²) in [6.07, 6.45) is 5.35. The highest BCUT2D eigenvalue weighted by Crippen LogP contribution is 2.20. The molecule has 1 heterocycles. The molecule has 1 aromatic rings. The van der Waals surface area contributed by atoms with Gasteiger partial charge in [0.05, 0.1) is 0 Å². The lowest BCUT2D eigenvalue weighted by Gasteiger charge is -2.30. The maximum atomic E-state index is 3.70. The predicted octanol–water partition coefficient (Wildman–Crippen LogP) is 3.49. The topological polar surface area (TPSA) is 15.3 Å². The summed E-state index contributed by atoms with van der Waals surface area (Å²) in [5.74, 6) is 0. The smallest absolute Gasteiger partial charge is 0.0331 e. The minimum Gasteiger partial charge on any atom is -0.312 e. The van der Waals surface area contributed by atoms with E-state index in [0.29, 0.717) is 6.04 Å². The Hall–Kier alpha value is -0.380. The number of hydrogen-bond acceptors (Lipinski definition) is 3. The fourth-order valence-corrected chi connectivity index (χ4v) is 3.17. The van der Waals surface area contributed by atoms with E-state index in [1.165, 1.54) is 30.6 Å². The van der Waals surface area contributed by atoms with Crippen molar-refractivity contribution >= 4 is 11.3 Å². The number of nitrogens with zero attached hydrogens (tertiary/aromatic N) is 1. The molecular weight excluding hydrogens is 240 g/mol. The molecule has 1 aromatic heterocycles. The monoisotopic (exact) mass is 266 g/mol. The molecule has 1 unspecified atom stereocenters. The van der Waals surface area contributed by atoms with Crippen LogP contribution in [-0.2, 0) is 6.54 Å². The van der Waals surface area contributed by atoms with Gasteiger partial charge in [-0.15, -0.1) is 11.3 Å². The third kappa shape index (κ3) is 4.38. The first-order valence-corrected chi connectivity index (χ1v) is 8.21. The van der Waals surface area contributed by atoms with Crippen LogP contribution in [0.5, 0.6) is 0 Å². The van der Waals surface area contributed by atoms with Crippen LogP contribution < -0.4 is 5.32 Å². The minimum absolute atomic E-state index is 0.697. The van der Waals surface area contributed by atoms with Gasteiger partial charge in [-0.3, -0.25) is 4.90 Å². The quantitative estimate of drug-likeness (QED) is 0.736. The summed E-state index contributed by atoms with van der Waals surface area (Å²) in [5, 5.41) is 5.88. The predicted molar refractivity (Wildman–Crippen MR) is 80.1 cm³/mol. The van der Waals surface area contributed by atoms with E-state index in [0.717, 1.165) is 25.7 Å². The summed E-state index contributed by atoms with van der Waals surface area (Å²) >= 11 is 1.88.